The molecule has 0 spiro atoms. The van der Waals surface area contributed by atoms with Gasteiger partial charge in [0.15, 0.2) is 10.6 Å². The van der Waals surface area contributed by atoms with Crippen LogP contribution in [0.5, 0.6) is 0 Å². The summed E-state index contributed by atoms with van der Waals surface area (Å²) in [5.41, 5.74) is 3.63. The monoisotopic (exact) mass is 368 g/mol. The summed E-state index contributed by atoms with van der Waals surface area (Å²) < 4.78 is 2.27. The van der Waals surface area contributed by atoms with E-state index in [1.54, 1.807) is 13.0 Å². The van der Waals surface area contributed by atoms with E-state index in [1.807, 2.05) is 29.7 Å². The molecule has 3 aromatic rings. The number of nitrogens with zero attached hydrogens (tertiary/aromatic N) is 2. The fourth-order valence-electron chi connectivity index (χ4n) is 3.46. The Bertz CT molecular complexity index is 1140. The maximum atomic E-state index is 10.4. The number of rotatable bonds is 2. The molecule has 1 aliphatic carbocycles. The summed E-state index contributed by atoms with van der Waals surface area (Å²) in [5, 5.41) is 28.8. The van der Waals surface area contributed by atoms with Crippen LogP contribution < -0.4 is 0 Å². The van der Waals surface area contributed by atoms with Crippen LogP contribution in [0.4, 0.5) is 0 Å². The minimum atomic E-state index is -1.07. The van der Waals surface area contributed by atoms with Crippen LogP contribution in [0.25, 0.3) is 22.2 Å². The highest BCUT2D eigenvalue weighted by Crippen LogP contribution is 2.34. The van der Waals surface area contributed by atoms with Crippen molar-refractivity contribution in [3.63, 3.8) is 0 Å². The van der Waals surface area contributed by atoms with E-state index in [4.69, 9.17) is 12.2 Å². The number of hydrogen-bond acceptors (Lipinski definition) is 4. The fraction of sp³-hybridized carbons (Fsp3) is 0.263. The standard InChI is InChI=1S/C19H20N4O2S/c1-10-11(2)20-13-5-4-6-14(16(10)13)23-17(21-22-18(23)26)12-7-8-19(3,25)9-15(12)24/h4-7,9,20,24-25H,8H2,1-3H3,(H,22,26). The molecule has 1 atom stereocenters. The summed E-state index contributed by atoms with van der Waals surface area (Å²) in [6.07, 6.45) is 3.61. The first-order valence-corrected chi connectivity index (χ1v) is 8.80. The highest BCUT2D eigenvalue weighted by atomic mass is 32.1. The average Bonchev–Trinajstić information content (AvgIpc) is 3.07. The molecule has 4 rings (SSSR count). The summed E-state index contributed by atoms with van der Waals surface area (Å²) in [7, 11) is 0. The van der Waals surface area contributed by atoms with Crippen LogP contribution in [0.15, 0.2) is 36.1 Å². The van der Waals surface area contributed by atoms with Gasteiger partial charge in [0.2, 0.25) is 0 Å². The number of H-pyrrole nitrogens is 2. The maximum Gasteiger partial charge on any atom is 0.200 e. The topological polar surface area (TPSA) is 89.9 Å². The number of aliphatic hydroxyl groups is 2. The van der Waals surface area contributed by atoms with E-state index in [1.165, 1.54) is 6.08 Å². The first-order valence-electron chi connectivity index (χ1n) is 8.39. The van der Waals surface area contributed by atoms with Gasteiger partial charge in [-0.2, -0.15) is 5.10 Å². The molecule has 2 aromatic heterocycles. The van der Waals surface area contributed by atoms with Crippen LogP contribution in [0.1, 0.15) is 30.4 Å². The van der Waals surface area contributed by atoms with Gasteiger partial charge >= 0.3 is 0 Å². The van der Waals surface area contributed by atoms with Gasteiger partial charge in [0.05, 0.1) is 16.9 Å². The largest absolute Gasteiger partial charge is 0.507 e. The Morgan fingerprint density at radius 2 is 2.08 bits per heavy atom. The third-order valence-corrected chi connectivity index (χ3v) is 5.17. The number of fused-ring (bicyclic) bond motifs is 1. The third-order valence-electron chi connectivity index (χ3n) is 4.90. The second-order valence-electron chi connectivity index (χ2n) is 6.97. The number of hydrogen-bond donors (Lipinski definition) is 4. The molecular weight excluding hydrogens is 348 g/mol. The molecule has 1 unspecified atom stereocenters. The zero-order valence-electron chi connectivity index (χ0n) is 14.8. The van der Waals surface area contributed by atoms with Crippen LogP contribution in [-0.2, 0) is 0 Å². The van der Waals surface area contributed by atoms with Crippen LogP contribution in [-0.4, -0.2) is 35.6 Å². The van der Waals surface area contributed by atoms with Crippen molar-refractivity contribution in [2.24, 2.45) is 0 Å². The molecular formula is C19H20N4O2S. The Kier molecular flexibility index (Phi) is 3.68. The number of aromatic amines is 2. The molecule has 134 valence electrons. The zero-order valence-corrected chi connectivity index (χ0v) is 15.6. The molecule has 0 aliphatic heterocycles. The molecule has 0 saturated heterocycles. The lowest BCUT2D eigenvalue weighted by Gasteiger charge is -2.23. The van der Waals surface area contributed by atoms with Crippen molar-refractivity contribution in [1.29, 1.82) is 0 Å². The molecule has 0 saturated carbocycles. The smallest absolute Gasteiger partial charge is 0.200 e. The number of aliphatic hydroxyl groups excluding tert-OH is 1. The molecule has 26 heavy (non-hydrogen) atoms. The molecule has 1 aromatic carbocycles. The van der Waals surface area contributed by atoms with Gasteiger partial charge in [0.1, 0.15) is 5.76 Å². The van der Waals surface area contributed by atoms with Gasteiger partial charge in [0.25, 0.3) is 0 Å². The number of benzene rings is 1. The van der Waals surface area contributed by atoms with E-state index in [0.29, 0.717) is 22.6 Å². The number of allylic oxidation sites excluding steroid dienone is 1. The Hall–Kier alpha value is -2.64. The highest BCUT2D eigenvalue weighted by molar-refractivity contribution is 7.71. The molecule has 2 heterocycles. The van der Waals surface area contributed by atoms with E-state index in [2.05, 4.69) is 22.1 Å². The van der Waals surface area contributed by atoms with Crippen molar-refractivity contribution >= 4 is 28.7 Å². The van der Waals surface area contributed by atoms with Crippen molar-refractivity contribution in [3.8, 4) is 5.69 Å². The Morgan fingerprint density at radius 1 is 1.31 bits per heavy atom. The van der Waals surface area contributed by atoms with Crippen molar-refractivity contribution < 1.29 is 10.2 Å². The third kappa shape index (κ3) is 2.51. The minimum absolute atomic E-state index is 0.00866. The minimum Gasteiger partial charge on any atom is -0.507 e. The normalized spacial score (nSPS) is 20.3. The van der Waals surface area contributed by atoms with Gasteiger partial charge in [-0.05, 0) is 63.2 Å². The van der Waals surface area contributed by atoms with Gasteiger partial charge in [-0.15, -0.1) is 0 Å². The first kappa shape index (κ1) is 16.8. The molecule has 4 N–H and O–H groups in total. The second kappa shape index (κ2) is 5.69. The number of aromatic nitrogens is 4. The molecule has 0 radical (unpaired) electrons. The number of nitrogens with one attached hydrogen (secondary N) is 2. The van der Waals surface area contributed by atoms with Crippen LogP contribution >= 0.6 is 12.2 Å². The SMILES string of the molecule is Cc1[nH]c2cccc(-n3c(C4=CCC(C)(O)C=C4O)n[nH]c3=S)c2c1C. The van der Waals surface area contributed by atoms with E-state index in [9.17, 15) is 10.2 Å². The summed E-state index contributed by atoms with van der Waals surface area (Å²) in [4.78, 5) is 3.38. The summed E-state index contributed by atoms with van der Waals surface area (Å²) >= 11 is 5.48. The summed E-state index contributed by atoms with van der Waals surface area (Å²) in [6.45, 7) is 5.75. The van der Waals surface area contributed by atoms with Gasteiger partial charge in [-0.25, -0.2) is 0 Å². The lowest BCUT2D eigenvalue weighted by molar-refractivity contribution is 0.110. The van der Waals surface area contributed by atoms with Crippen LogP contribution in [0, 0.1) is 18.6 Å². The summed E-state index contributed by atoms with van der Waals surface area (Å²) in [6, 6.07) is 5.97. The van der Waals surface area contributed by atoms with Crippen molar-refractivity contribution in [2.45, 2.75) is 32.8 Å². The van der Waals surface area contributed by atoms with Gasteiger partial charge in [0, 0.05) is 16.6 Å². The average molecular weight is 368 g/mol. The number of aryl methyl sites for hydroxylation is 2. The van der Waals surface area contributed by atoms with Crippen molar-refractivity contribution in [2.75, 3.05) is 0 Å². The molecule has 1 aliphatic rings. The Morgan fingerprint density at radius 3 is 2.81 bits per heavy atom. The molecule has 0 amide bonds. The Labute approximate surface area is 155 Å². The quantitative estimate of drug-likeness (QED) is 0.515. The summed E-state index contributed by atoms with van der Waals surface area (Å²) in [5.74, 6) is 0.510. The second-order valence-corrected chi connectivity index (χ2v) is 7.36. The van der Waals surface area contributed by atoms with E-state index in [0.717, 1.165) is 27.8 Å². The van der Waals surface area contributed by atoms with Crippen molar-refractivity contribution in [1.82, 2.24) is 19.7 Å². The van der Waals surface area contributed by atoms with E-state index >= 15 is 0 Å². The highest BCUT2D eigenvalue weighted by Gasteiger charge is 2.27. The molecule has 6 nitrogen and oxygen atoms in total. The first-order chi connectivity index (χ1) is 12.3. The predicted molar refractivity (Wildman–Crippen MR) is 104 cm³/mol. The molecule has 0 fully saturated rings. The van der Waals surface area contributed by atoms with Crippen molar-refractivity contribution in [3.05, 3.63) is 58.0 Å². The predicted octanol–water partition coefficient (Wildman–Crippen LogP) is 4.01. The molecule has 0 bridgehead atoms. The van der Waals surface area contributed by atoms with Gasteiger partial charge in [-0.1, -0.05) is 12.1 Å². The lowest BCUT2D eigenvalue weighted by atomic mass is 9.92. The zero-order chi connectivity index (χ0) is 18.6. The Balaban J connectivity index is 1.97. The molecule has 7 heteroatoms. The lowest BCUT2D eigenvalue weighted by Crippen LogP contribution is -2.23. The van der Waals surface area contributed by atoms with Crippen LogP contribution in [0.3, 0.4) is 0 Å². The van der Waals surface area contributed by atoms with Crippen LogP contribution in [0.2, 0.25) is 0 Å². The van der Waals surface area contributed by atoms with E-state index in [-0.39, 0.29) is 5.76 Å². The van der Waals surface area contributed by atoms with Gasteiger partial charge < -0.3 is 15.2 Å². The van der Waals surface area contributed by atoms with E-state index < -0.39 is 5.60 Å². The fourth-order valence-corrected chi connectivity index (χ4v) is 3.69. The van der Waals surface area contributed by atoms with Gasteiger partial charge in [-0.3, -0.25) is 9.67 Å². The maximum absolute atomic E-state index is 10.4.